The summed E-state index contributed by atoms with van der Waals surface area (Å²) in [4.78, 5) is 15.9. The summed E-state index contributed by atoms with van der Waals surface area (Å²) in [5, 5.41) is 6.06. The van der Waals surface area contributed by atoms with Gasteiger partial charge < -0.3 is 16.4 Å². The smallest absolute Gasteiger partial charge is 0.242 e. The fourth-order valence-corrected chi connectivity index (χ4v) is 2.71. The highest BCUT2D eigenvalue weighted by atomic mass is 16.1. The van der Waals surface area contributed by atoms with Gasteiger partial charge in [-0.2, -0.15) is 0 Å². The monoisotopic (exact) mass is 302 g/mol. The van der Waals surface area contributed by atoms with Crippen molar-refractivity contribution in [3.63, 3.8) is 0 Å². The lowest BCUT2D eigenvalue weighted by atomic mass is 9.95. The lowest BCUT2D eigenvalue weighted by Crippen LogP contribution is -2.39. The Hall–Kier alpha value is -2.04. The zero-order valence-corrected chi connectivity index (χ0v) is 13.1. The van der Waals surface area contributed by atoms with Crippen molar-refractivity contribution in [3.05, 3.63) is 35.9 Å². The number of carbonyl (C=O) groups is 1. The van der Waals surface area contributed by atoms with Crippen LogP contribution in [-0.4, -0.2) is 31.0 Å². The highest BCUT2D eigenvalue weighted by molar-refractivity contribution is 5.84. The van der Waals surface area contributed by atoms with Gasteiger partial charge in [0.15, 0.2) is 5.96 Å². The fraction of sp³-hybridized carbons (Fsp3) is 0.529. The summed E-state index contributed by atoms with van der Waals surface area (Å²) in [6.45, 7) is 0.810. The number of nitrogens with two attached hydrogens (primary N) is 1. The summed E-state index contributed by atoms with van der Waals surface area (Å²) in [6, 6.07) is 10.5. The molecule has 120 valence electrons. The maximum Gasteiger partial charge on any atom is 0.242 e. The second-order valence-electron chi connectivity index (χ2n) is 5.77. The molecule has 0 aliphatic heterocycles. The zero-order valence-electron chi connectivity index (χ0n) is 13.1. The van der Waals surface area contributed by atoms with Crippen molar-refractivity contribution in [1.29, 1.82) is 0 Å². The minimum Gasteiger partial charge on any atom is -0.370 e. The van der Waals surface area contributed by atoms with Crippen molar-refractivity contribution in [1.82, 2.24) is 10.6 Å². The van der Waals surface area contributed by atoms with E-state index in [0.717, 1.165) is 19.3 Å². The number of hydrogen-bond acceptors (Lipinski definition) is 2. The Bertz CT molecular complexity index is 481. The second kappa shape index (κ2) is 9.07. The van der Waals surface area contributed by atoms with Gasteiger partial charge in [-0.15, -0.1) is 0 Å². The first-order valence-electron chi connectivity index (χ1n) is 8.11. The van der Waals surface area contributed by atoms with Crippen LogP contribution in [0.25, 0.3) is 0 Å². The van der Waals surface area contributed by atoms with Gasteiger partial charge in [0.05, 0.1) is 0 Å². The molecule has 1 aromatic carbocycles. The van der Waals surface area contributed by atoms with Crippen LogP contribution in [-0.2, 0) is 11.2 Å². The van der Waals surface area contributed by atoms with Crippen LogP contribution < -0.4 is 16.4 Å². The molecule has 1 aliphatic rings. The standard InChI is InChI=1S/C17H26N4O/c18-17(19-12-11-14-7-3-1-4-8-14)20-13-16(22)21-15-9-5-2-6-10-15/h1,3-4,7-8,15H,2,5-6,9-13H2,(H,21,22)(H3,18,19,20). The number of carbonyl (C=O) groups excluding carboxylic acids is 1. The van der Waals surface area contributed by atoms with Crippen LogP contribution in [0.5, 0.6) is 0 Å². The molecule has 5 nitrogen and oxygen atoms in total. The van der Waals surface area contributed by atoms with E-state index in [2.05, 4.69) is 27.8 Å². The number of hydrogen-bond donors (Lipinski definition) is 3. The predicted molar refractivity (Wildman–Crippen MR) is 89.7 cm³/mol. The Labute approximate surface area is 132 Å². The van der Waals surface area contributed by atoms with E-state index in [9.17, 15) is 4.79 Å². The summed E-state index contributed by atoms with van der Waals surface area (Å²) < 4.78 is 0. The molecule has 0 spiro atoms. The van der Waals surface area contributed by atoms with E-state index < -0.39 is 0 Å². The maximum absolute atomic E-state index is 11.8. The molecule has 5 heteroatoms. The van der Waals surface area contributed by atoms with Gasteiger partial charge in [-0.1, -0.05) is 49.6 Å². The topological polar surface area (TPSA) is 79.5 Å². The van der Waals surface area contributed by atoms with E-state index >= 15 is 0 Å². The fourth-order valence-electron chi connectivity index (χ4n) is 2.71. The third kappa shape index (κ3) is 6.16. The second-order valence-corrected chi connectivity index (χ2v) is 5.77. The lowest BCUT2D eigenvalue weighted by Gasteiger charge is -2.22. The molecule has 0 radical (unpaired) electrons. The van der Waals surface area contributed by atoms with Crippen LogP contribution in [0.4, 0.5) is 0 Å². The molecule has 0 aromatic heterocycles. The highest BCUT2D eigenvalue weighted by Gasteiger charge is 2.15. The SMILES string of the molecule is NC(=NCC(=O)NC1CCCCC1)NCCc1ccccc1. The molecule has 1 fully saturated rings. The van der Waals surface area contributed by atoms with E-state index in [0.29, 0.717) is 18.5 Å². The van der Waals surface area contributed by atoms with Gasteiger partial charge in [0.25, 0.3) is 0 Å². The van der Waals surface area contributed by atoms with Gasteiger partial charge in [0.2, 0.25) is 5.91 Å². The molecule has 0 saturated heterocycles. The average molecular weight is 302 g/mol. The number of amides is 1. The molecule has 4 N–H and O–H groups in total. The van der Waals surface area contributed by atoms with Gasteiger partial charge in [-0.3, -0.25) is 4.79 Å². The Morgan fingerprint density at radius 2 is 1.91 bits per heavy atom. The van der Waals surface area contributed by atoms with Crippen LogP contribution in [0.3, 0.4) is 0 Å². The quantitative estimate of drug-likeness (QED) is 0.551. The molecule has 0 atom stereocenters. The van der Waals surface area contributed by atoms with Gasteiger partial charge >= 0.3 is 0 Å². The van der Waals surface area contributed by atoms with E-state index in [4.69, 9.17) is 5.73 Å². The molecule has 1 aliphatic carbocycles. The molecule has 0 unspecified atom stereocenters. The summed E-state index contributed by atoms with van der Waals surface area (Å²) in [6.07, 6.45) is 6.74. The predicted octanol–water partition coefficient (Wildman–Crippen LogP) is 1.58. The van der Waals surface area contributed by atoms with Crippen molar-refractivity contribution in [2.45, 2.75) is 44.6 Å². The third-order valence-corrected chi connectivity index (χ3v) is 3.93. The minimum atomic E-state index is -0.0419. The van der Waals surface area contributed by atoms with Crippen LogP contribution >= 0.6 is 0 Å². The minimum absolute atomic E-state index is 0.0419. The third-order valence-electron chi connectivity index (χ3n) is 3.93. The Morgan fingerprint density at radius 1 is 1.18 bits per heavy atom. The van der Waals surface area contributed by atoms with E-state index in [1.807, 2.05) is 18.2 Å². The number of benzene rings is 1. The lowest BCUT2D eigenvalue weighted by molar-refractivity contribution is -0.120. The van der Waals surface area contributed by atoms with Crippen molar-refractivity contribution in [2.24, 2.45) is 10.7 Å². The number of nitrogens with one attached hydrogen (secondary N) is 2. The van der Waals surface area contributed by atoms with Crippen molar-refractivity contribution in [2.75, 3.05) is 13.1 Å². The summed E-state index contributed by atoms with van der Waals surface area (Å²) in [5.74, 6) is 0.287. The summed E-state index contributed by atoms with van der Waals surface area (Å²) in [5.41, 5.74) is 7.03. The van der Waals surface area contributed by atoms with E-state index in [-0.39, 0.29) is 12.5 Å². The maximum atomic E-state index is 11.8. The van der Waals surface area contributed by atoms with Gasteiger partial charge in [0.1, 0.15) is 6.54 Å². The molecule has 2 rings (SSSR count). The van der Waals surface area contributed by atoms with Gasteiger partial charge in [0, 0.05) is 12.6 Å². The van der Waals surface area contributed by atoms with Crippen LogP contribution in [0.2, 0.25) is 0 Å². The Balaban J connectivity index is 1.63. The van der Waals surface area contributed by atoms with Crippen LogP contribution in [0.15, 0.2) is 35.3 Å². The van der Waals surface area contributed by atoms with Gasteiger partial charge in [-0.05, 0) is 24.8 Å². The Morgan fingerprint density at radius 3 is 2.64 bits per heavy atom. The van der Waals surface area contributed by atoms with E-state index in [1.165, 1.54) is 24.8 Å². The van der Waals surface area contributed by atoms with Gasteiger partial charge in [-0.25, -0.2) is 4.99 Å². The summed E-state index contributed by atoms with van der Waals surface area (Å²) >= 11 is 0. The first kappa shape index (κ1) is 16.3. The first-order chi connectivity index (χ1) is 10.7. The average Bonchev–Trinajstić information content (AvgIpc) is 2.55. The first-order valence-corrected chi connectivity index (χ1v) is 8.11. The number of rotatable bonds is 6. The molecule has 1 aromatic rings. The molecule has 1 saturated carbocycles. The number of aliphatic imine (C=N–C) groups is 1. The summed E-state index contributed by atoms with van der Waals surface area (Å²) in [7, 11) is 0. The van der Waals surface area contributed by atoms with Crippen molar-refractivity contribution < 1.29 is 4.79 Å². The number of guanidine groups is 1. The molecule has 0 heterocycles. The Kier molecular flexibility index (Phi) is 6.74. The van der Waals surface area contributed by atoms with Crippen LogP contribution in [0.1, 0.15) is 37.7 Å². The largest absolute Gasteiger partial charge is 0.370 e. The normalized spacial score (nSPS) is 16.3. The molecular formula is C17H26N4O. The molecule has 22 heavy (non-hydrogen) atoms. The molecule has 0 bridgehead atoms. The van der Waals surface area contributed by atoms with Crippen molar-refractivity contribution >= 4 is 11.9 Å². The zero-order chi connectivity index (χ0) is 15.6. The van der Waals surface area contributed by atoms with Crippen molar-refractivity contribution in [3.8, 4) is 0 Å². The van der Waals surface area contributed by atoms with E-state index in [1.54, 1.807) is 0 Å². The van der Waals surface area contributed by atoms with Crippen LogP contribution in [0, 0.1) is 0 Å². The number of nitrogens with zero attached hydrogens (tertiary/aromatic N) is 1. The molecule has 1 amide bonds. The highest BCUT2D eigenvalue weighted by Crippen LogP contribution is 2.17. The molecular weight excluding hydrogens is 276 g/mol.